The first-order chi connectivity index (χ1) is 13.7. The summed E-state index contributed by atoms with van der Waals surface area (Å²) in [7, 11) is 0. The van der Waals surface area contributed by atoms with Crippen molar-refractivity contribution in [3.8, 4) is 0 Å². The summed E-state index contributed by atoms with van der Waals surface area (Å²) in [4.78, 5) is 27.0. The minimum Gasteiger partial charge on any atom is -0.325 e. The summed E-state index contributed by atoms with van der Waals surface area (Å²) in [5, 5.41) is 3.67. The molecule has 1 N–H and O–H groups in total. The van der Waals surface area contributed by atoms with Crippen molar-refractivity contribution >= 4 is 35.0 Å². The molecule has 2 aromatic rings. The Hall–Kier alpha value is -2.27. The molecule has 28 heavy (non-hydrogen) atoms. The molecule has 1 heterocycles. The maximum absolute atomic E-state index is 12.9. The molecule has 1 aliphatic carbocycles. The first kappa shape index (κ1) is 19.1. The monoisotopic (exact) mass is 394 g/mol. The normalized spacial score (nSPS) is 16.6. The molecule has 4 rings (SSSR count). The highest BCUT2D eigenvalue weighted by Crippen LogP contribution is 2.32. The van der Waals surface area contributed by atoms with Crippen molar-refractivity contribution in [1.29, 1.82) is 0 Å². The Kier molecular flexibility index (Phi) is 6.01. The molecule has 0 bridgehead atoms. The van der Waals surface area contributed by atoms with E-state index in [4.69, 9.17) is 0 Å². The standard InChI is InChI=1S/C23H26N2O2S/c26-22(16-28-20-10-4-5-11-20)24-19-12-13-21-18(15-19)9-6-14-25(21)23(27)17-7-2-1-3-8-17/h1-3,7-8,12-13,15,20H,4-6,9-11,14,16H2,(H,24,26). The van der Waals surface area contributed by atoms with Gasteiger partial charge >= 0.3 is 0 Å². The van der Waals surface area contributed by atoms with E-state index in [0.717, 1.165) is 36.3 Å². The number of aryl methyl sites for hydroxylation is 1. The topological polar surface area (TPSA) is 49.4 Å². The van der Waals surface area contributed by atoms with Crippen LogP contribution in [-0.4, -0.2) is 29.4 Å². The number of nitrogens with zero attached hydrogens (tertiary/aromatic N) is 1. The molecule has 5 heteroatoms. The first-order valence-corrected chi connectivity index (χ1v) is 11.2. The molecule has 146 valence electrons. The summed E-state index contributed by atoms with van der Waals surface area (Å²) in [6.45, 7) is 0.727. The first-order valence-electron chi connectivity index (χ1n) is 10.1. The minimum atomic E-state index is 0.0336. The molecule has 2 amide bonds. The van der Waals surface area contributed by atoms with E-state index < -0.39 is 0 Å². The molecule has 2 aromatic carbocycles. The third-order valence-corrected chi connectivity index (χ3v) is 6.87. The Morgan fingerprint density at radius 1 is 1.04 bits per heavy atom. The third kappa shape index (κ3) is 4.41. The average Bonchev–Trinajstić information content (AvgIpc) is 3.25. The van der Waals surface area contributed by atoms with Gasteiger partial charge in [0.1, 0.15) is 0 Å². The molecule has 0 spiro atoms. The Morgan fingerprint density at radius 2 is 1.82 bits per heavy atom. The maximum Gasteiger partial charge on any atom is 0.258 e. The van der Waals surface area contributed by atoms with Gasteiger partial charge < -0.3 is 10.2 Å². The Morgan fingerprint density at radius 3 is 2.61 bits per heavy atom. The number of benzene rings is 2. The molecule has 2 aliphatic rings. The predicted octanol–water partition coefficient (Wildman–Crippen LogP) is 4.89. The van der Waals surface area contributed by atoms with Gasteiger partial charge in [-0.1, -0.05) is 31.0 Å². The molecular formula is C23H26N2O2S. The van der Waals surface area contributed by atoms with Crippen LogP contribution in [-0.2, 0) is 11.2 Å². The molecule has 0 aromatic heterocycles. The fraction of sp³-hybridized carbons (Fsp3) is 0.391. The van der Waals surface area contributed by atoms with Gasteiger partial charge in [0.2, 0.25) is 5.91 Å². The third-order valence-electron chi connectivity index (χ3n) is 5.50. The highest BCUT2D eigenvalue weighted by Gasteiger charge is 2.24. The lowest BCUT2D eigenvalue weighted by molar-refractivity contribution is -0.113. The largest absolute Gasteiger partial charge is 0.325 e. The van der Waals surface area contributed by atoms with Gasteiger partial charge in [0.25, 0.3) is 5.91 Å². The number of thioether (sulfide) groups is 1. The quantitative estimate of drug-likeness (QED) is 0.785. The van der Waals surface area contributed by atoms with Crippen molar-refractivity contribution in [2.45, 2.75) is 43.8 Å². The van der Waals surface area contributed by atoms with Gasteiger partial charge in [-0.2, -0.15) is 0 Å². The summed E-state index contributed by atoms with van der Waals surface area (Å²) in [6, 6.07) is 15.3. The molecule has 4 nitrogen and oxygen atoms in total. The second kappa shape index (κ2) is 8.82. The molecule has 1 aliphatic heterocycles. The molecule has 0 unspecified atom stereocenters. The number of hydrogen-bond donors (Lipinski definition) is 1. The molecule has 1 saturated carbocycles. The fourth-order valence-corrected chi connectivity index (χ4v) is 5.19. The van der Waals surface area contributed by atoms with Crippen LogP contribution in [0.1, 0.15) is 48.0 Å². The SMILES string of the molecule is O=C(CSC1CCCC1)Nc1ccc2c(c1)CCCN2C(=O)c1ccccc1. The van der Waals surface area contributed by atoms with Crippen LogP contribution in [0.3, 0.4) is 0 Å². The number of fused-ring (bicyclic) bond motifs is 1. The maximum atomic E-state index is 12.9. The lowest BCUT2D eigenvalue weighted by Gasteiger charge is -2.30. The summed E-state index contributed by atoms with van der Waals surface area (Å²) in [5.74, 6) is 0.608. The smallest absolute Gasteiger partial charge is 0.258 e. The molecule has 0 saturated heterocycles. The van der Waals surface area contributed by atoms with Gasteiger partial charge in [-0.3, -0.25) is 9.59 Å². The van der Waals surface area contributed by atoms with E-state index >= 15 is 0 Å². The van der Waals surface area contributed by atoms with E-state index in [1.807, 2.05) is 53.4 Å². The summed E-state index contributed by atoms with van der Waals surface area (Å²) < 4.78 is 0. The molecule has 1 fully saturated rings. The Labute approximate surface area is 170 Å². The van der Waals surface area contributed by atoms with Crippen molar-refractivity contribution in [2.24, 2.45) is 0 Å². The highest BCUT2D eigenvalue weighted by atomic mass is 32.2. The van der Waals surface area contributed by atoms with Crippen molar-refractivity contribution in [2.75, 3.05) is 22.5 Å². The van der Waals surface area contributed by atoms with E-state index in [0.29, 0.717) is 16.6 Å². The van der Waals surface area contributed by atoms with Crippen molar-refractivity contribution in [3.05, 3.63) is 59.7 Å². The Balaban J connectivity index is 1.42. The van der Waals surface area contributed by atoms with Crippen LogP contribution in [0.25, 0.3) is 0 Å². The van der Waals surface area contributed by atoms with Gasteiger partial charge in [0, 0.05) is 28.7 Å². The van der Waals surface area contributed by atoms with Crippen molar-refractivity contribution in [1.82, 2.24) is 0 Å². The van der Waals surface area contributed by atoms with E-state index in [2.05, 4.69) is 5.32 Å². The van der Waals surface area contributed by atoms with Crippen LogP contribution in [0.4, 0.5) is 11.4 Å². The highest BCUT2D eigenvalue weighted by molar-refractivity contribution is 8.00. The fourth-order valence-electron chi connectivity index (χ4n) is 4.07. The average molecular weight is 395 g/mol. The Bertz CT molecular complexity index is 847. The number of hydrogen-bond acceptors (Lipinski definition) is 3. The number of rotatable bonds is 5. The van der Waals surface area contributed by atoms with E-state index in [9.17, 15) is 9.59 Å². The zero-order valence-corrected chi connectivity index (χ0v) is 16.8. The van der Waals surface area contributed by atoms with E-state index in [-0.39, 0.29) is 11.8 Å². The summed E-state index contributed by atoms with van der Waals surface area (Å²) >= 11 is 1.78. The van der Waals surface area contributed by atoms with E-state index in [1.54, 1.807) is 11.8 Å². The second-order valence-corrected chi connectivity index (χ2v) is 8.82. The van der Waals surface area contributed by atoms with Crippen LogP contribution in [0.5, 0.6) is 0 Å². The van der Waals surface area contributed by atoms with Crippen LogP contribution >= 0.6 is 11.8 Å². The van der Waals surface area contributed by atoms with Crippen LogP contribution < -0.4 is 10.2 Å². The van der Waals surface area contributed by atoms with Crippen LogP contribution in [0.15, 0.2) is 48.5 Å². The van der Waals surface area contributed by atoms with Crippen molar-refractivity contribution < 1.29 is 9.59 Å². The van der Waals surface area contributed by atoms with Crippen LogP contribution in [0, 0.1) is 0 Å². The van der Waals surface area contributed by atoms with Gasteiger partial charge in [0.05, 0.1) is 5.75 Å². The van der Waals surface area contributed by atoms with Crippen LogP contribution in [0.2, 0.25) is 0 Å². The van der Waals surface area contributed by atoms with Gasteiger partial charge in [-0.15, -0.1) is 11.8 Å². The predicted molar refractivity (Wildman–Crippen MR) is 116 cm³/mol. The summed E-state index contributed by atoms with van der Waals surface area (Å²) in [5.41, 5.74) is 3.61. The number of nitrogens with one attached hydrogen (secondary N) is 1. The van der Waals surface area contributed by atoms with Gasteiger partial charge in [0.15, 0.2) is 0 Å². The number of carbonyl (C=O) groups is 2. The summed E-state index contributed by atoms with van der Waals surface area (Å²) in [6.07, 6.45) is 6.92. The molecular weight excluding hydrogens is 368 g/mol. The number of anilines is 2. The van der Waals surface area contributed by atoms with Crippen molar-refractivity contribution in [3.63, 3.8) is 0 Å². The minimum absolute atomic E-state index is 0.0336. The number of amides is 2. The molecule has 0 radical (unpaired) electrons. The molecule has 0 atom stereocenters. The van der Waals surface area contributed by atoms with Gasteiger partial charge in [-0.05, 0) is 61.6 Å². The zero-order valence-electron chi connectivity index (χ0n) is 16.0. The van der Waals surface area contributed by atoms with Gasteiger partial charge in [-0.25, -0.2) is 0 Å². The number of carbonyl (C=O) groups excluding carboxylic acids is 2. The second-order valence-electron chi connectivity index (χ2n) is 7.54. The van der Waals surface area contributed by atoms with E-state index in [1.165, 1.54) is 25.7 Å². The lowest BCUT2D eigenvalue weighted by atomic mass is 10.00. The zero-order chi connectivity index (χ0) is 19.3. The lowest BCUT2D eigenvalue weighted by Crippen LogP contribution is -2.35.